The number of ether oxygens (including phenoxy) is 1. The summed E-state index contributed by atoms with van der Waals surface area (Å²) in [6.07, 6.45) is 20.7. The van der Waals surface area contributed by atoms with Crippen LogP contribution in [0.4, 0.5) is 0 Å². The van der Waals surface area contributed by atoms with Crippen LogP contribution in [0.2, 0.25) is 0 Å². The Balaban J connectivity index is 1.39. The molecule has 0 aliphatic rings. The fourth-order valence-corrected chi connectivity index (χ4v) is 4.49. The minimum Gasteiger partial charge on any atom is -0.494 e. The van der Waals surface area contributed by atoms with Gasteiger partial charge in [0.05, 0.1) is 12.3 Å². The molecule has 1 aromatic carbocycles. The lowest BCUT2D eigenvalue weighted by Crippen LogP contribution is -1.97. The summed E-state index contributed by atoms with van der Waals surface area (Å²) in [4.78, 5) is 4.72. The molecule has 0 aliphatic carbocycles. The Hall–Kier alpha value is -2.30. The van der Waals surface area contributed by atoms with Crippen molar-refractivity contribution in [2.45, 2.75) is 117 Å². The van der Waals surface area contributed by atoms with E-state index in [0.717, 1.165) is 47.9 Å². The van der Waals surface area contributed by atoms with Crippen LogP contribution < -0.4 is 4.74 Å². The molecule has 1 N–H and O–H groups in total. The average molecular weight is 467 g/mol. The summed E-state index contributed by atoms with van der Waals surface area (Å²) in [6, 6.07) is 10.4. The number of nitrogens with zero attached hydrogens (tertiary/aromatic N) is 3. The highest BCUT2D eigenvalue weighted by atomic mass is 16.5. The number of fused-ring (bicyclic) bond motifs is 1. The largest absolute Gasteiger partial charge is 0.494 e. The number of benzene rings is 1. The van der Waals surface area contributed by atoms with Gasteiger partial charge in [0.25, 0.3) is 0 Å². The molecule has 0 saturated heterocycles. The Bertz CT molecular complexity index is 898. The zero-order valence-electron chi connectivity index (χ0n) is 21.7. The molecule has 0 spiro atoms. The Morgan fingerprint density at radius 3 is 2.09 bits per heavy atom. The van der Waals surface area contributed by atoms with Gasteiger partial charge in [-0.25, -0.2) is 4.98 Å². The molecule has 0 bridgehead atoms. The van der Waals surface area contributed by atoms with Gasteiger partial charge in [-0.1, -0.05) is 109 Å². The lowest BCUT2D eigenvalue weighted by Gasteiger charge is -2.07. The Morgan fingerprint density at radius 1 is 0.765 bits per heavy atom. The van der Waals surface area contributed by atoms with Crippen molar-refractivity contribution in [1.29, 1.82) is 0 Å². The van der Waals surface area contributed by atoms with E-state index >= 15 is 0 Å². The number of aryl methyl sites for hydroxylation is 1. The van der Waals surface area contributed by atoms with Crippen LogP contribution in [0.3, 0.4) is 0 Å². The van der Waals surface area contributed by atoms with E-state index in [1.54, 1.807) is 4.63 Å². The zero-order chi connectivity index (χ0) is 23.8. The van der Waals surface area contributed by atoms with Gasteiger partial charge in [-0.3, -0.25) is 5.10 Å². The molecular weight excluding hydrogens is 420 g/mol. The van der Waals surface area contributed by atoms with Crippen LogP contribution in [-0.2, 0) is 6.42 Å². The van der Waals surface area contributed by atoms with E-state index in [-0.39, 0.29) is 0 Å². The van der Waals surface area contributed by atoms with Crippen LogP contribution in [0.5, 0.6) is 5.75 Å². The number of aromatic amines is 1. The number of hydrogen-bond donors (Lipinski definition) is 1. The fraction of sp³-hybridized carbons (Fsp3) is 0.655. The zero-order valence-corrected chi connectivity index (χ0v) is 21.7. The molecule has 0 unspecified atom stereocenters. The second-order valence-corrected chi connectivity index (χ2v) is 9.69. The van der Waals surface area contributed by atoms with Crippen molar-refractivity contribution in [1.82, 2.24) is 19.8 Å². The van der Waals surface area contributed by atoms with Crippen molar-refractivity contribution < 1.29 is 4.74 Å². The van der Waals surface area contributed by atoms with Gasteiger partial charge in [0.1, 0.15) is 5.75 Å². The number of nitrogens with one attached hydrogen (secondary N) is 1. The highest BCUT2D eigenvalue weighted by Crippen LogP contribution is 2.24. The quantitative estimate of drug-likeness (QED) is 0.180. The maximum absolute atomic E-state index is 6.02. The first kappa shape index (κ1) is 26.3. The van der Waals surface area contributed by atoms with Crippen molar-refractivity contribution in [3.05, 3.63) is 36.2 Å². The van der Waals surface area contributed by atoms with E-state index in [4.69, 9.17) is 9.72 Å². The summed E-state index contributed by atoms with van der Waals surface area (Å²) >= 11 is 0. The molecule has 5 heteroatoms. The summed E-state index contributed by atoms with van der Waals surface area (Å²) in [5.41, 5.74) is 3.02. The van der Waals surface area contributed by atoms with Crippen LogP contribution in [-0.4, -0.2) is 26.4 Å². The third-order valence-electron chi connectivity index (χ3n) is 6.59. The van der Waals surface area contributed by atoms with E-state index in [1.807, 2.05) is 6.07 Å². The first-order valence-corrected chi connectivity index (χ1v) is 14.0. The van der Waals surface area contributed by atoms with Crippen LogP contribution >= 0.6 is 0 Å². The normalized spacial score (nSPS) is 11.5. The third-order valence-corrected chi connectivity index (χ3v) is 6.59. The second kappa shape index (κ2) is 15.6. The summed E-state index contributed by atoms with van der Waals surface area (Å²) in [7, 11) is 0. The van der Waals surface area contributed by atoms with Crippen molar-refractivity contribution in [3.63, 3.8) is 0 Å². The van der Waals surface area contributed by atoms with Gasteiger partial charge >= 0.3 is 0 Å². The molecule has 2 heterocycles. The molecule has 0 atom stereocenters. The van der Waals surface area contributed by atoms with Crippen LogP contribution in [0.1, 0.15) is 116 Å². The molecule has 5 nitrogen and oxygen atoms in total. The highest BCUT2D eigenvalue weighted by molar-refractivity contribution is 5.65. The van der Waals surface area contributed by atoms with Gasteiger partial charge in [0.15, 0.2) is 11.5 Å². The first-order chi connectivity index (χ1) is 16.8. The monoisotopic (exact) mass is 466 g/mol. The second-order valence-electron chi connectivity index (χ2n) is 9.69. The van der Waals surface area contributed by atoms with Crippen LogP contribution in [0.15, 0.2) is 30.3 Å². The molecule has 3 aromatic rings. The molecule has 34 heavy (non-hydrogen) atoms. The van der Waals surface area contributed by atoms with Gasteiger partial charge in [0, 0.05) is 18.1 Å². The van der Waals surface area contributed by atoms with Crippen LogP contribution in [0, 0.1) is 0 Å². The number of rotatable bonds is 19. The molecule has 2 aromatic heterocycles. The van der Waals surface area contributed by atoms with Gasteiger partial charge in [-0.05, 0) is 25.0 Å². The molecule has 0 saturated carbocycles. The fourth-order valence-electron chi connectivity index (χ4n) is 4.49. The molecule has 0 aliphatic heterocycles. The summed E-state index contributed by atoms with van der Waals surface area (Å²) in [5.74, 6) is 1.87. The standard InChI is InChI=1S/C29H46N4O/c1-3-5-7-9-11-13-15-17-22-34-26-20-18-19-25(23-26)27-24-29-30-28(32-33(29)31-27)21-16-14-12-10-8-6-4-2/h18-20,23-24,31H,3-17,21-22H2,1-2H3. The molecule has 0 radical (unpaired) electrons. The summed E-state index contributed by atoms with van der Waals surface area (Å²) < 4.78 is 7.83. The van der Waals surface area contributed by atoms with Gasteiger partial charge in [0.2, 0.25) is 0 Å². The average Bonchev–Trinajstić information content (AvgIpc) is 3.42. The maximum atomic E-state index is 6.02. The summed E-state index contributed by atoms with van der Waals surface area (Å²) in [6.45, 7) is 5.32. The number of H-pyrrole nitrogens is 1. The minimum absolute atomic E-state index is 0.788. The van der Waals surface area contributed by atoms with E-state index in [9.17, 15) is 0 Å². The Morgan fingerprint density at radius 2 is 1.41 bits per heavy atom. The van der Waals surface area contributed by atoms with E-state index in [1.165, 1.54) is 89.9 Å². The minimum atomic E-state index is 0.788. The van der Waals surface area contributed by atoms with E-state index in [0.29, 0.717) is 0 Å². The molecule has 0 amide bonds. The molecule has 0 fully saturated rings. The molecule has 3 rings (SSSR count). The highest BCUT2D eigenvalue weighted by Gasteiger charge is 2.09. The van der Waals surface area contributed by atoms with Crippen LogP contribution in [0.25, 0.3) is 16.9 Å². The van der Waals surface area contributed by atoms with Crippen molar-refractivity contribution in [2.24, 2.45) is 0 Å². The lowest BCUT2D eigenvalue weighted by atomic mass is 10.1. The molecular formula is C29H46N4O. The van der Waals surface area contributed by atoms with E-state index < -0.39 is 0 Å². The Kier molecular flexibility index (Phi) is 12.0. The van der Waals surface area contributed by atoms with Gasteiger partial charge < -0.3 is 4.74 Å². The predicted octanol–water partition coefficient (Wildman–Crippen LogP) is 8.54. The van der Waals surface area contributed by atoms with Gasteiger partial charge in [-0.15, -0.1) is 5.10 Å². The smallest absolute Gasteiger partial charge is 0.176 e. The number of aromatic nitrogens is 4. The number of hydrogen-bond acceptors (Lipinski definition) is 3. The summed E-state index contributed by atoms with van der Waals surface area (Å²) in [5, 5.41) is 8.03. The topological polar surface area (TPSA) is 55.2 Å². The third kappa shape index (κ3) is 9.15. The number of unbranched alkanes of at least 4 members (excludes halogenated alkanes) is 13. The molecule has 188 valence electrons. The van der Waals surface area contributed by atoms with E-state index in [2.05, 4.69) is 48.3 Å². The van der Waals surface area contributed by atoms with Crippen molar-refractivity contribution in [3.8, 4) is 17.0 Å². The van der Waals surface area contributed by atoms with Crippen molar-refractivity contribution >= 4 is 5.65 Å². The Labute approximate surface area is 206 Å². The first-order valence-electron chi connectivity index (χ1n) is 14.0. The van der Waals surface area contributed by atoms with Gasteiger partial charge in [-0.2, -0.15) is 4.63 Å². The lowest BCUT2D eigenvalue weighted by molar-refractivity contribution is 0.304. The predicted molar refractivity (Wildman–Crippen MR) is 143 cm³/mol. The maximum Gasteiger partial charge on any atom is 0.176 e. The van der Waals surface area contributed by atoms with Crippen molar-refractivity contribution in [2.75, 3.05) is 6.61 Å². The SMILES string of the molecule is CCCCCCCCCCOc1cccc(-c2cc3nc(CCCCCCCCC)nn3[nH]2)c1.